The predicted octanol–water partition coefficient (Wildman–Crippen LogP) is 2.95. The number of amides is 1. The van der Waals surface area contributed by atoms with Gasteiger partial charge < -0.3 is 9.64 Å². The van der Waals surface area contributed by atoms with Crippen LogP contribution in [-0.4, -0.2) is 45.5 Å². The first-order valence-electron chi connectivity index (χ1n) is 10.0. The van der Waals surface area contributed by atoms with E-state index >= 15 is 0 Å². The molecule has 138 valence electrons. The van der Waals surface area contributed by atoms with Gasteiger partial charge in [0, 0.05) is 26.1 Å². The number of carbonyl (C=O) groups excluding carboxylic acids is 1. The third-order valence-electron chi connectivity index (χ3n) is 5.99. The van der Waals surface area contributed by atoms with Gasteiger partial charge in [-0.25, -0.2) is 4.68 Å². The van der Waals surface area contributed by atoms with E-state index in [4.69, 9.17) is 4.74 Å². The van der Waals surface area contributed by atoms with Crippen molar-refractivity contribution in [1.82, 2.24) is 19.9 Å². The standard InChI is InChI=1S/C19H30N4O2/c24-19(8-7-15-3-1-2-4-15)22-10-9-18(12-22)23-11-17(20-21-23)14-25-13-16-5-6-16/h11,15-16,18H,1-10,12-14H2. The lowest BCUT2D eigenvalue weighted by Gasteiger charge is -2.17. The van der Waals surface area contributed by atoms with Crippen LogP contribution in [0.2, 0.25) is 0 Å². The smallest absolute Gasteiger partial charge is 0.222 e. The quantitative estimate of drug-likeness (QED) is 0.726. The molecule has 0 N–H and O–H groups in total. The molecule has 3 aliphatic rings. The largest absolute Gasteiger partial charge is 0.375 e. The van der Waals surface area contributed by atoms with E-state index < -0.39 is 0 Å². The summed E-state index contributed by atoms with van der Waals surface area (Å²) in [6.45, 7) is 3.02. The van der Waals surface area contributed by atoms with Gasteiger partial charge in [0.25, 0.3) is 0 Å². The molecule has 4 rings (SSSR count). The molecule has 0 radical (unpaired) electrons. The summed E-state index contributed by atoms with van der Waals surface area (Å²) in [6, 6.07) is 0.264. The monoisotopic (exact) mass is 346 g/mol. The average Bonchev–Trinajstić information content (AvgIpc) is 3.06. The van der Waals surface area contributed by atoms with Crippen LogP contribution in [-0.2, 0) is 16.1 Å². The van der Waals surface area contributed by atoms with Gasteiger partial charge in [0.1, 0.15) is 5.69 Å². The number of hydrogen-bond donors (Lipinski definition) is 0. The molecule has 2 aliphatic carbocycles. The van der Waals surface area contributed by atoms with Crippen LogP contribution >= 0.6 is 0 Å². The lowest BCUT2D eigenvalue weighted by Crippen LogP contribution is -2.29. The van der Waals surface area contributed by atoms with E-state index in [-0.39, 0.29) is 6.04 Å². The third kappa shape index (κ3) is 4.60. The summed E-state index contributed by atoms with van der Waals surface area (Å²) >= 11 is 0. The minimum atomic E-state index is 0.264. The fourth-order valence-corrected chi connectivity index (χ4v) is 4.14. The number of rotatable bonds is 8. The summed E-state index contributed by atoms with van der Waals surface area (Å²) < 4.78 is 7.61. The second-order valence-electron chi connectivity index (χ2n) is 8.12. The highest BCUT2D eigenvalue weighted by Crippen LogP contribution is 2.30. The minimum absolute atomic E-state index is 0.264. The van der Waals surface area contributed by atoms with Crippen molar-refractivity contribution in [2.24, 2.45) is 11.8 Å². The van der Waals surface area contributed by atoms with E-state index in [0.717, 1.165) is 56.5 Å². The Bertz CT molecular complexity index is 578. The number of likely N-dealkylation sites (tertiary alicyclic amines) is 1. The van der Waals surface area contributed by atoms with E-state index in [1.54, 1.807) is 0 Å². The Morgan fingerprint density at radius 1 is 1.16 bits per heavy atom. The molecule has 1 unspecified atom stereocenters. The van der Waals surface area contributed by atoms with Gasteiger partial charge >= 0.3 is 0 Å². The fraction of sp³-hybridized carbons (Fsp3) is 0.842. The molecule has 1 aromatic heterocycles. The second-order valence-corrected chi connectivity index (χ2v) is 8.12. The van der Waals surface area contributed by atoms with Crippen molar-refractivity contribution in [2.75, 3.05) is 19.7 Å². The maximum absolute atomic E-state index is 12.5. The lowest BCUT2D eigenvalue weighted by molar-refractivity contribution is -0.130. The SMILES string of the molecule is O=C(CCC1CCCC1)N1CCC(n2cc(COCC3CC3)nn2)C1. The Morgan fingerprint density at radius 3 is 2.80 bits per heavy atom. The van der Waals surface area contributed by atoms with Crippen LogP contribution in [0.4, 0.5) is 0 Å². The Hall–Kier alpha value is -1.43. The Kier molecular flexibility index (Phi) is 5.34. The molecule has 0 bridgehead atoms. The molecule has 0 spiro atoms. The lowest BCUT2D eigenvalue weighted by atomic mass is 10.0. The van der Waals surface area contributed by atoms with Gasteiger partial charge in [-0.3, -0.25) is 4.79 Å². The summed E-state index contributed by atoms with van der Waals surface area (Å²) in [5, 5.41) is 8.48. The second kappa shape index (κ2) is 7.85. The first-order valence-corrected chi connectivity index (χ1v) is 10.0. The van der Waals surface area contributed by atoms with Crippen LogP contribution in [0.1, 0.15) is 69.5 Å². The molecular formula is C19H30N4O2. The van der Waals surface area contributed by atoms with Crippen LogP contribution < -0.4 is 0 Å². The van der Waals surface area contributed by atoms with Crippen molar-refractivity contribution < 1.29 is 9.53 Å². The molecule has 1 atom stereocenters. The molecule has 6 nitrogen and oxygen atoms in total. The van der Waals surface area contributed by atoms with Crippen molar-refractivity contribution in [1.29, 1.82) is 0 Å². The van der Waals surface area contributed by atoms with E-state index in [0.29, 0.717) is 12.5 Å². The zero-order chi connectivity index (χ0) is 17.1. The molecular weight excluding hydrogens is 316 g/mol. The minimum Gasteiger partial charge on any atom is -0.375 e. The van der Waals surface area contributed by atoms with E-state index in [1.165, 1.54) is 38.5 Å². The summed E-state index contributed by atoms with van der Waals surface area (Å²) in [4.78, 5) is 14.5. The number of carbonyl (C=O) groups is 1. The van der Waals surface area contributed by atoms with Gasteiger partial charge in [-0.1, -0.05) is 30.9 Å². The van der Waals surface area contributed by atoms with Crippen LogP contribution in [0.15, 0.2) is 6.20 Å². The third-order valence-corrected chi connectivity index (χ3v) is 5.99. The van der Waals surface area contributed by atoms with Gasteiger partial charge in [0.15, 0.2) is 0 Å². The number of nitrogens with zero attached hydrogens (tertiary/aromatic N) is 4. The maximum Gasteiger partial charge on any atom is 0.222 e. The van der Waals surface area contributed by atoms with Gasteiger partial charge in [-0.05, 0) is 37.5 Å². The van der Waals surface area contributed by atoms with Crippen LogP contribution in [0.5, 0.6) is 0 Å². The predicted molar refractivity (Wildman–Crippen MR) is 93.8 cm³/mol. The average molecular weight is 346 g/mol. The summed E-state index contributed by atoms with van der Waals surface area (Å²) in [5.41, 5.74) is 0.895. The zero-order valence-corrected chi connectivity index (χ0v) is 15.1. The van der Waals surface area contributed by atoms with E-state index in [1.807, 2.05) is 15.8 Å². The zero-order valence-electron chi connectivity index (χ0n) is 15.1. The molecule has 2 saturated carbocycles. The van der Waals surface area contributed by atoms with Crippen LogP contribution in [0.25, 0.3) is 0 Å². The van der Waals surface area contributed by atoms with Gasteiger partial charge in [0.05, 0.1) is 18.8 Å². The molecule has 25 heavy (non-hydrogen) atoms. The molecule has 1 aliphatic heterocycles. The highest BCUT2D eigenvalue weighted by atomic mass is 16.5. The molecule has 2 heterocycles. The molecule has 1 saturated heterocycles. The van der Waals surface area contributed by atoms with Gasteiger partial charge in [-0.15, -0.1) is 5.10 Å². The van der Waals surface area contributed by atoms with Crippen molar-refractivity contribution in [2.45, 2.75) is 70.4 Å². The number of hydrogen-bond acceptors (Lipinski definition) is 4. The van der Waals surface area contributed by atoms with Crippen LogP contribution in [0.3, 0.4) is 0 Å². The van der Waals surface area contributed by atoms with Crippen molar-refractivity contribution in [3.05, 3.63) is 11.9 Å². The highest BCUT2D eigenvalue weighted by Gasteiger charge is 2.29. The first kappa shape index (κ1) is 17.0. The number of ether oxygens (including phenoxy) is 1. The van der Waals surface area contributed by atoms with Gasteiger partial charge in [-0.2, -0.15) is 0 Å². The molecule has 6 heteroatoms. The molecule has 1 aromatic rings. The molecule has 1 amide bonds. The normalized spacial score (nSPS) is 24.3. The van der Waals surface area contributed by atoms with Crippen LogP contribution in [0, 0.1) is 11.8 Å². The molecule has 3 fully saturated rings. The fourth-order valence-electron chi connectivity index (χ4n) is 4.14. The van der Waals surface area contributed by atoms with Gasteiger partial charge in [0.2, 0.25) is 5.91 Å². The van der Waals surface area contributed by atoms with E-state index in [2.05, 4.69) is 10.3 Å². The Morgan fingerprint density at radius 2 is 2.00 bits per heavy atom. The first-order chi connectivity index (χ1) is 12.3. The topological polar surface area (TPSA) is 60.2 Å². The summed E-state index contributed by atoms with van der Waals surface area (Å²) in [5.74, 6) is 1.88. The van der Waals surface area contributed by atoms with E-state index in [9.17, 15) is 4.79 Å². The van der Waals surface area contributed by atoms with Crippen molar-refractivity contribution >= 4 is 5.91 Å². The highest BCUT2D eigenvalue weighted by molar-refractivity contribution is 5.76. The summed E-state index contributed by atoms with van der Waals surface area (Å²) in [7, 11) is 0. The maximum atomic E-state index is 12.5. The molecule has 0 aromatic carbocycles. The van der Waals surface area contributed by atoms with Crippen molar-refractivity contribution in [3.8, 4) is 0 Å². The Labute approximate surface area is 149 Å². The number of aromatic nitrogens is 3. The summed E-state index contributed by atoms with van der Waals surface area (Å²) in [6.07, 6.45) is 12.7. The Balaban J connectivity index is 1.21. The van der Waals surface area contributed by atoms with Crippen molar-refractivity contribution in [3.63, 3.8) is 0 Å².